The van der Waals surface area contributed by atoms with E-state index in [-0.39, 0.29) is 11.9 Å². The van der Waals surface area contributed by atoms with Crippen molar-refractivity contribution in [1.29, 1.82) is 0 Å². The fourth-order valence-corrected chi connectivity index (χ4v) is 4.34. The number of unbranched alkanes of at least 4 members (excludes halogenated alkanes) is 5. The molecule has 3 N–H and O–H groups in total. The maximum absolute atomic E-state index is 12.5. The van der Waals surface area contributed by atoms with Crippen LogP contribution >= 0.6 is 0 Å². The first-order chi connectivity index (χ1) is 19.1. The average molecular weight is 552 g/mol. The fourth-order valence-electron chi connectivity index (χ4n) is 4.34. The van der Waals surface area contributed by atoms with Crippen molar-refractivity contribution in [2.75, 3.05) is 12.3 Å². The number of hydrogen-bond acceptors (Lipinski definition) is 7. The molecular formula is C30H45N7O3. The van der Waals surface area contributed by atoms with Gasteiger partial charge in [-0.15, -0.1) is 5.10 Å². The van der Waals surface area contributed by atoms with Crippen LogP contribution in [0, 0.1) is 0 Å². The van der Waals surface area contributed by atoms with Crippen LogP contribution in [0.5, 0.6) is 0 Å². The van der Waals surface area contributed by atoms with Gasteiger partial charge in [0.15, 0.2) is 0 Å². The van der Waals surface area contributed by atoms with E-state index in [1.54, 1.807) is 10.9 Å². The van der Waals surface area contributed by atoms with Gasteiger partial charge in [0.25, 0.3) is 5.91 Å². The number of nitrogens with zero attached hydrogens (tertiary/aromatic N) is 5. The lowest BCUT2D eigenvalue weighted by Gasteiger charge is -2.19. The first-order valence-corrected chi connectivity index (χ1v) is 14.5. The highest BCUT2D eigenvalue weighted by atomic mass is 16.6. The number of hydrogen-bond donors (Lipinski definition) is 2. The van der Waals surface area contributed by atoms with Gasteiger partial charge < -0.3 is 15.8 Å². The molecule has 2 heterocycles. The van der Waals surface area contributed by atoms with Crippen molar-refractivity contribution in [3.63, 3.8) is 0 Å². The molecule has 0 aliphatic heterocycles. The number of benzene rings is 1. The van der Waals surface area contributed by atoms with Gasteiger partial charge in [-0.3, -0.25) is 9.48 Å². The molecule has 0 aliphatic rings. The van der Waals surface area contributed by atoms with E-state index in [2.05, 4.69) is 39.7 Å². The zero-order chi connectivity index (χ0) is 29.0. The molecule has 0 saturated carbocycles. The molecule has 3 aromatic rings. The van der Waals surface area contributed by atoms with Gasteiger partial charge in [0, 0.05) is 24.5 Å². The lowest BCUT2D eigenvalue weighted by atomic mass is 10.0. The van der Waals surface area contributed by atoms with Gasteiger partial charge in [-0.05, 0) is 77.0 Å². The van der Waals surface area contributed by atoms with Gasteiger partial charge in [-0.2, -0.15) is 0 Å². The van der Waals surface area contributed by atoms with Gasteiger partial charge in [-0.1, -0.05) is 50.0 Å². The second-order valence-corrected chi connectivity index (χ2v) is 11.2. The number of amides is 1. The number of nitrogens with two attached hydrogens (primary N) is 1. The van der Waals surface area contributed by atoms with Crippen molar-refractivity contribution in [1.82, 2.24) is 29.9 Å². The summed E-state index contributed by atoms with van der Waals surface area (Å²) in [5.74, 6) is 0.0682. The van der Waals surface area contributed by atoms with E-state index in [9.17, 15) is 9.59 Å². The predicted molar refractivity (Wildman–Crippen MR) is 156 cm³/mol. The van der Waals surface area contributed by atoms with Crippen LogP contribution in [0.2, 0.25) is 0 Å². The number of anilines is 1. The quantitative estimate of drug-likeness (QED) is 0.244. The Bertz CT molecular complexity index is 1210. The summed E-state index contributed by atoms with van der Waals surface area (Å²) < 4.78 is 8.38. The van der Waals surface area contributed by atoms with Gasteiger partial charge in [0.05, 0.1) is 17.9 Å². The molecule has 1 aromatic carbocycles. The number of ether oxygens (including phenoxy) is 1. The molecule has 218 valence electrons. The molecule has 10 heteroatoms. The Kier molecular flexibility index (Phi) is 11.7. The normalized spacial score (nSPS) is 11.5. The van der Waals surface area contributed by atoms with E-state index in [0.29, 0.717) is 18.7 Å². The number of aromatic nitrogens is 5. The van der Waals surface area contributed by atoms with Crippen LogP contribution in [-0.2, 0) is 30.5 Å². The van der Waals surface area contributed by atoms with Crippen molar-refractivity contribution in [2.24, 2.45) is 0 Å². The highest BCUT2D eigenvalue weighted by Gasteiger charge is 2.20. The van der Waals surface area contributed by atoms with Crippen molar-refractivity contribution < 1.29 is 14.3 Å². The third-order valence-corrected chi connectivity index (χ3v) is 6.49. The monoisotopic (exact) mass is 551 g/mol. The van der Waals surface area contributed by atoms with Gasteiger partial charge in [0.2, 0.25) is 5.95 Å². The van der Waals surface area contributed by atoms with E-state index < -0.39 is 11.7 Å². The van der Waals surface area contributed by atoms with Crippen LogP contribution in [0.3, 0.4) is 0 Å². The Hall–Kier alpha value is -3.69. The van der Waals surface area contributed by atoms with Crippen LogP contribution in [0.15, 0.2) is 36.7 Å². The summed E-state index contributed by atoms with van der Waals surface area (Å²) in [5, 5.41) is 11.4. The number of aryl methyl sites for hydroxylation is 3. The number of carbonyl (C=O) groups is 2. The molecule has 0 saturated heterocycles. The molecule has 3 rings (SSSR count). The summed E-state index contributed by atoms with van der Waals surface area (Å²) in [4.78, 5) is 29.0. The van der Waals surface area contributed by atoms with Crippen LogP contribution in [0.1, 0.15) is 99.9 Å². The first kappa shape index (κ1) is 30.8. The van der Waals surface area contributed by atoms with Crippen LogP contribution in [0.25, 0.3) is 0 Å². The highest BCUT2D eigenvalue weighted by molar-refractivity contribution is 5.94. The van der Waals surface area contributed by atoms with Crippen molar-refractivity contribution in [3.05, 3.63) is 59.2 Å². The molecule has 0 fully saturated rings. The number of imidazole rings is 1. The molecular weight excluding hydrogens is 506 g/mol. The Labute approximate surface area is 237 Å². The minimum Gasteiger partial charge on any atom is -0.443 e. The van der Waals surface area contributed by atoms with E-state index in [1.807, 2.05) is 39.1 Å². The Morgan fingerprint density at radius 2 is 1.60 bits per heavy atom. The molecule has 0 aliphatic carbocycles. The van der Waals surface area contributed by atoms with Crippen molar-refractivity contribution in [3.8, 4) is 0 Å². The summed E-state index contributed by atoms with van der Waals surface area (Å²) in [5.41, 5.74) is 8.95. The van der Waals surface area contributed by atoms with E-state index in [1.165, 1.54) is 35.8 Å². The minimum absolute atomic E-state index is 0.0736. The van der Waals surface area contributed by atoms with Crippen LogP contribution in [-0.4, -0.2) is 48.7 Å². The SMILES string of the molecule is CCCCCCc1ccc(C(=O)NCCn2cc(CCCCCc3cn(C(=O)OC(C)(C)C)c(N)n3)nn2)cc1. The Morgan fingerprint density at radius 3 is 2.30 bits per heavy atom. The molecule has 0 radical (unpaired) electrons. The smallest absolute Gasteiger partial charge is 0.421 e. The summed E-state index contributed by atoms with van der Waals surface area (Å²) in [6, 6.07) is 7.91. The molecule has 0 atom stereocenters. The van der Waals surface area contributed by atoms with Crippen molar-refractivity contribution >= 4 is 17.9 Å². The molecule has 10 nitrogen and oxygen atoms in total. The second kappa shape index (κ2) is 15.2. The summed E-state index contributed by atoms with van der Waals surface area (Å²) in [6.07, 6.45) is 13.5. The summed E-state index contributed by atoms with van der Waals surface area (Å²) in [6.45, 7) is 8.70. The van der Waals surface area contributed by atoms with Crippen LogP contribution in [0.4, 0.5) is 10.7 Å². The number of nitrogens with one attached hydrogen (secondary N) is 1. The molecule has 0 spiro atoms. The third-order valence-electron chi connectivity index (χ3n) is 6.49. The molecule has 2 aromatic heterocycles. The van der Waals surface area contributed by atoms with Gasteiger partial charge in [0.1, 0.15) is 5.60 Å². The topological polar surface area (TPSA) is 130 Å². The van der Waals surface area contributed by atoms with E-state index in [4.69, 9.17) is 10.5 Å². The van der Waals surface area contributed by atoms with Crippen molar-refractivity contribution in [2.45, 2.75) is 104 Å². The lowest BCUT2D eigenvalue weighted by Crippen LogP contribution is -2.27. The summed E-state index contributed by atoms with van der Waals surface area (Å²) in [7, 11) is 0. The molecule has 1 amide bonds. The van der Waals surface area contributed by atoms with E-state index >= 15 is 0 Å². The number of rotatable bonds is 15. The Balaban J connectivity index is 1.31. The highest BCUT2D eigenvalue weighted by Crippen LogP contribution is 2.15. The largest absolute Gasteiger partial charge is 0.443 e. The number of carbonyl (C=O) groups excluding carboxylic acids is 2. The maximum atomic E-state index is 12.5. The molecule has 40 heavy (non-hydrogen) atoms. The summed E-state index contributed by atoms with van der Waals surface area (Å²) >= 11 is 0. The number of nitrogen functional groups attached to an aromatic ring is 1. The Morgan fingerprint density at radius 1 is 0.925 bits per heavy atom. The third kappa shape index (κ3) is 10.5. The van der Waals surface area contributed by atoms with Gasteiger partial charge in [-0.25, -0.2) is 14.3 Å². The van der Waals surface area contributed by atoms with E-state index in [0.717, 1.165) is 49.9 Å². The van der Waals surface area contributed by atoms with Crippen LogP contribution < -0.4 is 11.1 Å². The minimum atomic E-state index is -0.594. The maximum Gasteiger partial charge on any atom is 0.421 e. The molecule has 0 unspecified atom stereocenters. The van der Waals surface area contributed by atoms with Gasteiger partial charge >= 0.3 is 6.09 Å². The first-order valence-electron chi connectivity index (χ1n) is 14.5. The second-order valence-electron chi connectivity index (χ2n) is 11.2. The molecule has 0 bridgehead atoms. The average Bonchev–Trinajstić information content (AvgIpc) is 3.51. The standard InChI is InChI=1S/C30H45N7O3/c1-5-6-7-9-12-23-15-17-24(18-16-23)27(38)32-19-20-36-21-26(34-35-36)14-11-8-10-13-25-22-37(28(31)33-25)29(39)40-30(2,3)4/h15-18,21-22H,5-14,19-20H2,1-4H3,(H2,31,33)(H,32,38). The zero-order valence-corrected chi connectivity index (χ0v) is 24.5. The lowest BCUT2D eigenvalue weighted by molar-refractivity contribution is 0.0540. The fraction of sp³-hybridized carbons (Fsp3) is 0.567. The predicted octanol–water partition coefficient (Wildman–Crippen LogP) is 5.35. The zero-order valence-electron chi connectivity index (χ0n) is 24.5.